The highest BCUT2D eigenvalue weighted by Crippen LogP contribution is 2.25. The largest absolute Gasteiger partial charge is 0.324 e. The van der Waals surface area contributed by atoms with Crippen LogP contribution in [0.1, 0.15) is 30.8 Å². The smallest absolute Gasteiger partial charge is 0.138 e. The molecule has 0 aliphatic rings. The molecule has 0 amide bonds. The maximum Gasteiger partial charge on any atom is 0.138 e. The minimum atomic E-state index is -0.172. The molecule has 4 nitrogen and oxygen atoms in total. The first-order valence-corrected chi connectivity index (χ1v) is 6.94. The molecule has 2 rings (SSSR count). The molecule has 19 heavy (non-hydrogen) atoms. The number of halogens is 2. The van der Waals surface area contributed by atoms with Crippen LogP contribution in [0.4, 0.5) is 0 Å². The number of benzene rings is 1. The van der Waals surface area contributed by atoms with E-state index in [0.717, 1.165) is 24.4 Å². The van der Waals surface area contributed by atoms with Crippen LogP contribution in [-0.2, 0) is 13.0 Å². The molecule has 0 saturated heterocycles. The summed E-state index contributed by atoms with van der Waals surface area (Å²) in [5, 5.41) is 5.24. The van der Waals surface area contributed by atoms with E-state index in [2.05, 4.69) is 17.0 Å². The topological polar surface area (TPSA) is 56.7 Å². The molecular weight excluding hydrogens is 283 g/mol. The van der Waals surface area contributed by atoms with Gasteiger partial charge in [0.15, 0.2) is 0 Å². The van der Waals surface area contributed by atoms with Crippen molar-refractivity contribution in [2.75, 3.05) is 0 Å². The highest BCUT2D eigenvalue weighted by Gasteiger charge is 2.13. The number of aryl methyl sites for hydroxylation is 1. The molecule has 1 atom stereocenters. The van der Waals surface area contributed by atoms with Gasteiger partial charge < -0.3 is 5.73 Å². The van der Waals surface area contributed by atoms with Gasteiger partial charge in [-0.3, -0.25) is 4.68 Å². The van der Waals surface area contributed by atoms with E-state index >= 15 is 0 Å². The molecule has 0 spiro atoms. The number of aromatic nitrogens is 3. The van der Waals surface area contributed by atoms with Crippen molar-refractivity contribution in [2.24, 2.45) is 5.73 Å². The van der Waals surface area contributed by atoms with Crippen molar-refractivity contribution >= 4 is 23.2 Å². The predicted octanol–water partition coefficient (Wildman–Crippen LogP) is 3.24. The molecule has 0 radical (unpaired) electrons. The number of nitrogens with zero attached hydrogens (tertiary/aromatic N) is 3. The van der Waals surface area contributed by atoms with E-state index in [4.69, 9.17) is 28.9 Å². The van der Waals surface area contributed by atoms with Crippen LogP contribution in [0, 0.1) is 0 Å². The summed E-state index contributed by atoms with van der Waals surface area (Å²) in [7, 11) is 0. The number of hydrogen-bond acceptors (Lipinski definition) is 3. The summed E-state index contributed by atoms with van der Waals surface area (Å²) in [5.74, 6) is 0.889. The molecule has 1 unspecified atom stereocenters. The number of nitrogens with two attached hydrogens (primary N) is 1. The molecule has 0 bridgehead atoms. The van der Waals surface area contributed by atoms with E-state index in [1.165, 1.54) is 0 Å². The lowest BCUT2D eigenvalue weighted by molar-refractivity contribution is 0.548. The molecule has 1 aromatic carbocycles. The van der Waals surface area contributed by atoms with Crippen LogP contribution < -0.4 is 5.73 Å². The van der Waals surface area contributed by atoms with Crippen LogP contribution in [-0.4, -0.2) is 14.8 Å². The van der Waals surface area contributed by atoms with E-state index in [-0.39, 0.29) is 6.04 Å². The maximum absolute atomic E-state index is 6.19. The summed E-state index contributed by atoms with van der Waals surface area (Å²) in [5.41, 5.74) is 7.13. The van der Waals surface area contributed by atoms with Crippen molar-refractivity contribution in [1.29, 1.82) is 0 Å². The fraction of sp³-hybridized carbons (Fsp3) is 0.385. The molecule has 6 heteroatoms. The molecule has 1 aromatic heterocycles. The fourth-order valence-electron chi connectivity index (χ4n) is 1.90. The second-order valence-corrected chi connectivity index (χ2v) is 5.20. The molecule has 2 aromatic rings. The van der Waals surface area contributed by atoms with Gasteiger partial charge in [-0.2, -0.15) is 5.10 Å². The van der Waals surface area contributed by atoms with E-state index < -0.39 is 0 Å². The molecular formula is C13H16Cl2N4. The number of hydrogen-bond donors (Lipinski definition) is 1. The molecule has 0 saturated carbocycles. The van der Waals surface area contributed by atoms with Crippen molar-refractivity contribution in [1.82, 2.24) is 14.8 Å². The van der Waals surface area contributed by atoms with Crippen molar-refractivity contribution in [3.05, 3.63) is 46.0 Å². The normalized spacial score (nSPS) is 12.6. The Morgan fingerprint density at radius 1 is 1.32 bits per heavy atom. The molecule has 102 valence electrons. The van der Waals surface area contributed by atoms with Crippen molar-refractivity contribution < 1.29 is 0 Å². The van der Waals surface area contributed by atoms with E-state index in [1.807, 2.05) is 10.7 Å². The SMILES string of the molecule is CCCn1ncnc1CC(N)c1ccc(Cl)c(Cl)c1. The van der Waals surface area contributed by atoms with Crippen LogP contribution in [0.15, 0.2) is 24.5 Å². The Labute approximate surface area is 122 Å². The lowest BCUT2D eigenvalue weighted by Gasteiger charge is -2.13. The summed E-state index contributed by atoms with van der Waals surface area (Å²) >= 11 is 11.9. The first-order valence-electron chi connectivity index (χ1n) is 6.19. The van der Waals surface area contributed by atoms with Crippen LogP contribution in [0.25, 0.3) is 0 Å². The highest BCUT2D eigenvalue weighted by atomic mass is 35.5. The lowest BCUT2D eigenvalue weighted by atomic mass is 10.0. The van der Waals surface area contributed by atoms with Gasteiger partial charge in [-0.05, 0) is 24.1 Å². The third-order valence-corrected chi connectivity index (χ3v) is 3.64. The molecule has 0 aliphatic carbocycles. The van der Waals surface area contributed by atoms with Crippen molar-refractivity contribution in [3.8, 4) is 0 Å². The lowest BCUT2D eigenvalue weighted by Crippen LogP contribution is -2.17. The maximum atomic E-state index is 6.19. The molecule has 0 fully saturated rings. The Morgan fingerprint density at radius 3 is 2.79 bits per heavy atom. The summed E-state index contributed by atoms with van der Waals surface area (Å²) < 4.78 is 1.89. The Hall–Kier alpha value is -1.10. The van der Waals surface area contributed by atoms with E-state index in [1.54, 1.807) is 18.5 Å². The Morgan fingerprint density at radius 2 is 2.11 bits per heavy atom. The Bertz CT molecular complexity index is 553. The van der Waals surface area contributed by atoms with Crippen LogP contribution in [0.5, 0.6) is 0 Å². The molecule has 2 N–H and O–H groups in total. The van der Waals surface area contributed by atoms with Gasteiger partial charge in [0.1, 0.15) is 12.2 Å². The zero-order valence-electron chi connectivity index (χ0n) is 10.7. The quantitative estimate of drug-likeness (QED) is 0.922. The Balaban J connectivity index is 2.13. The fourth-order valence-corrected chi connectivity index (χ4v) is 2.21. The zero-order valence-corrected chi connectivity index (χ0v) is 12.2. The van der Waals surface area contributed by atoms with Gasteiger partial charge in [0.05, 0.1) is 10.0 Å². The van der Waals surface area contributed by atoms with Crippen LogP contribution in [0.3, 0.4) is 0 Å². The summed E-state index contributed by atoms with van der Waals surface area (Å²) in [6.45, 7) is 2.95. The third kappa shape index (κ3) is 3.47. The van der Waals surface area contributed by atoms with Gasteiger partial charge in [0.25, 0.3) is 0 Å². The minimum absolute atomic E-state index is 0.172. The van der Waals surface area contributed by atoms with Gasteiger partial charge >= 0.3 is 0 Å². The second-order valence-electron chi connectivity index (χ2n) is 4.38. The molecule has 0 aliphatic heterocycles. The first-order chi connectivity index (χ1) is 9.11. The van der Waals surface area contributed by atoms with Crippen LogP contribution in [0.2, 0.25) is 10.0 Å². The minimum Gasteiger partial charge on any atom is -0.324 e. The second kappa shape index (κ2) is 6.37. The highest BCUT2D eigenvalue weighted by molar-refractivity contribution is 6.42. The average molecular weight is 299 g/mol. The summed E-state index contributed by atoms with van der Waals surface area (Å²) in [4.78, 5) is 4.25. The van der Waals surface area contributed by atoms with Crippen molar-refractivity contribution in [3.63, 3.8) is 0 Å². The number of rotatable bonds is 5. The van der Waals surface area contributed by atoms with E-state index in [0.29, 0.717) is 16.5 Å². The standard InChI is InChI=1S/C13H16Cl2N4/c1-2-5-19-13(17-8-18-19)7-12(16)9-3-4-10(14)11(15)6-9/h3-4,6,8,12H,2,5,7,16H2,1H3. The monoisotopic (exact) mass is 298 g/mol. The Kier molecular flexibility index (Phi) is 4.80. The average Bonchev–Trinajstić information content (AvgIpc) is 2.80. The molecule has 1 heterocycles. The van der Waals surface area contributed by atoms with Gasteiger partial charge in [-0.15, -0.1) is 0 Å². The van der Waals surface area contributed by atoms with Gasteiger partial charge in [0, 0.05) is 19.0 Å². The summed E-state index contributed by atoms with van der Waals surface area (Å²) in [6.07, 6.45) is 3.20. The third-order valence-electron chi connectivity index (χ3n) is 2.91. The van der Waals surface area contributed by atoms with Crippen molar-refractivity contribution in [2.45, 2.75) is 32.4 Å². The first kappa shape index (κ1) is 14.3. The van der Waals surface area contributed by atoms with Gasteiger partial charge in [0.2, 0.25) is 0 Å². The van der Waals surface area contributed by atoms with E-state index in [9.17, 15) is 0 Å². The van der Waals surface area contributed by atoms with Crippen LogP contribution >= 0.6 is 23.2 Å². The predicted molar refractivity (Wildman–Crippen MR) is 77.4 cm³/mol. The zero-order chi connectivity index (χ0) is 13.8. The summed E-state index contributed by atoms with van der Waals surface area (Å²) in [6, 6.07) is 5.28. The van der Waals surface area contributed by atoms with Gasteiger partial charge in [-0.1, -0.05) is 36.2 Å². The van der Waals surface area contributed by atoms with Gasteiger partial charge in [-0.25, -0.2) is 4.98 Å².